The topological polar surface area (TPSA) is 86.8 Å². The van der Waals surface area contributed by atoms with Crippen molar-refractivity contribution in [3.05, 3.63) is 63.6 Å². The van der Waals surface area contributed by atoms with Crippen molar-refractivity contribution < 1.29 is 18.0 Å². The number of para-hydroxylation sites is 1. The van der Waals surface area contributed by atoms with Crippen LogP contribution in [0.2, 0.25) is 0 Å². The summed E-state index contributed by atoms with van der Waals surface area (Å²) in [5.74, 6) is -0.779. The monoisotopic (exact) mass is 551 g/mol. The summed E-state index contributed by atoms with van der Waals surface area (Å²) in [7, 11) is -3.77. The van der Waals surface area contributed by atoms with E-state index >= 15 is 0 Å². The Labute approximate surface area is 211 Å². The number of halogens is 1. The molecule has 186 valence electrons. The number of anilines is 1. The fraction of sp³-hybridized carbons (Fsp3) is 0.440. The van der Waals surface area contributed by atoms with Crippen LogP contribution in [0.15, 0.2) is 46.9 Å². The van der Waals surface area contributed by atoms with Gasteiger partial charge in [0.25, 0.3) is 0 Å². The van der Waals surface area contributed by atoms with Crippen molar-refractivity contribution in [2.45, 2.75) is 59.7 Å². The highest BCUT2D eigenvalue weighted by Crippen LogP contribution is 2.27. The van der Waals surface area contributed by atoms with Crippen LogP contribution in [0.1, 0.15) is 44.4 Å². The van der Waals surface area contributed by atoms with E-state index in [-0.39, 0.29) is 12.5 Å². The first-order chi connectivity index (χ1) is 15.6. The molecule has 7 nitrogen and oxygen atoms in total. The summed E-state index contributed by atoms with van der Waals surface area (Å²) in [5, 5.41) is 2.91. The maximum absolute atomic E-state index is 13.6. The number of aryl methyl sites for hydroxylation is 2. The molecular formula is C25H34BrN3O4S. The number of hydrogen-bond acceptors (Lipinski definition) is 4. The Bertz CT molecular complexity index is 1140. The molecule has 0 aromatic heterocycles. The number of nitrogens with one attached hydrogen (secondary N) is 1. The molecule has 1 unspecified atom stereocenters. The summed E-state index contributed by atoms with van der Waals surface area (Å²) in [4.78, 5) is 28.0. The lowest BCUT2D eigenvalue weighted by molar-refractivity contribution is -0.140. The quantitative estimate of drug-likeness (QED) is 0.533. The molecule has 0 fully saturated rings. The molecule has 34 heavy (non-hydrogen) atoms. The third-order valence-electron chi connectivity index (χ3n) is 5.28. The van der Waals surface area contributed by atoms with E-state index in [4.69, 9.17) is 0 Å². The van der Waals surface area contributed by atoms with Crippen LogP contribution in [0.3, 0.4) is 0 Å². The molecule has 0 spiro atoms. The zero-order valence-corrected chi connectivity index (χ0v) is 23.2. The summed E-state index contributed by atoms with van der Waals surface area (Å²) in [5.41, 5.74) is 2.31. The predicted molar refractivity (Wildman–Crippen MR) is 140 cm³/mol. The summed E-state index contributed by atoms with van der Waals surface area (Å²) in [6, 6.07) is 12.1. The van der Waals surface area contributed by atoms with Gasteiger partial charge in [0.2, 0.25) is 21.8 Å². The standard InChI is InChI=1S/C25H34BrN3O4S/c1-17-10-8-11-18(2)23(17)29(34(7,32)33)16-22(30)28(15-20-12-9-13-21(26)14-20)19(3)24(31)27-25(4,5)6/h8-14,19H,15-16H2,1-7H3,(H,27,31). The highest BCUT2D eigenvalue weighted by atomic mass is 79.9. The zero-order chi connectivity index (χ0) is 25.8. The predicted octanol–water partition coefficient (Wildman–Crippen LogP) is 4.16. The fourth-order valence-corrected chi connectivity index (χ4v) is 5.07. The number of sulfonamides is 1. The van der Waals surface area contributed by atoms with Gasteiger partial charge < -0.3 is 10.2 Å². The molecule has 2 aromatic carbocycles. The van der Waals surface area contributed by atoms with Gasteiger partial charge in [-0.1, -0.05) is 46.3 Å². The first kappa shape index (κ1) is 27.9. The average Bonchev–Trinajstić information content (AvgIpc) is 2.68. The Balaban J connectivity index is 2.47. The maximum Gasteiger partial charge on any atom is 0.244 e. The minimum absolute atomic E-state index is 0.154. The molecule has 9 heteroatoms. The minimum Gasteiger partial charge on any atom is -0.350 e. The Morgan fingerprint density at radius 1 is 1.06 bits per heavy atom. The molecule has 2 amide bonds. The molecule has 0 aliphatic rings. The van der Waals surface area contributed by atoms with E-state index in [1.807, 2.05) is 77.1 Å². The SMILES string of the molecule is Cc1cccc(C)c1N(CC(=O)N(Cc1cccc(Br)c1)C(C)C(=O)NC(C)(C)C)S(C)(=O)=O. The smallest absolute Gasteiger partial charge is 0.244 e. The van der Waals surface area contributed by atoms with E-state index in [9.17, 15) is 18.0 Å². The summed E-state index contributed by atoms with van der Waals surface area (Å²) < 4.78 is 27.5. The van der Waals surface area contributed by atoms with Crippen molar-refractivity contribution in [3.63, 3.8) is 0 Å². The van der Waals surface area contributed by atoms with Crippen LogP contribution in [-0.2, 0) is 26.2 Å². The van der Waals surface area contributed by atoms with E-state index in [0.29, 0.717) is 5.69 Å². The molecule has 0 radical (unpaired) electrons. The Morgan fingerprint density at radius 3 is 2.12 bits per heavy atom. The Morgan fingerprint density at radius 2 is 1.62 bits per heavy atom. The largest absolute Gasteiger partial charge is 0.350 e. The van der Waals surface area contributed by atoms with Gasteiger partial charge in [-0.2, -0.15) is 0 Å². The van der Waals surface area contributed by atoms with Crippen LogP contribution >= 0.6 is 15.9 Å². The van der Waals surface area contributed by atoms with E-state index < -0.39 is 34.1 Å². The van der Waals surface area contributed by atoms with Gasteiger partial charge in [0.05, 0.1) is 11.9 Å². The number of carbonyl (C=O) groups excluding carboxylic acids is 2. The van der Waals surface area contributed by atoms with Gasteiger partial charge in [-0.3, -0.25) is 13.9 Å². The molecule has 0 bridgehead atoms. The molecule has 2 rings (SSSR count). The van der Waals surface area contributed by atoms with E-state index in [0.717, 1.165) is 31.7 Å². The van der Waals surface area contributed by atoms with Gasteiger partial charge in [-0.15, -0.1) is 0 Å². The molecular weight excluding hydrogens is 518 g/mol. The van der Waals surface area contributed by atoms with Gasteiger partial charge >= 0.3 is 0 Å². The second-order valence-electron chi connectivity index (χ2n) is 9.58. The lowest BCUT2D eigenvalue weighted by Gasteiger charge is -2.33. The van der Waals surface area contributed by atoms with Crippen molar-refractivity contribution >= 4 is 43.5 Å². The van der Waals surface area contributed by atoms with Crippen molar-refractivity contribution in [3.8, 4) is 0 Å². The number of nitrogens with zero attached hydrogens (tertiary/aromatic N) is 2. The average molecular weight is 553 g/mol. The first-order valence-electron chi connectivity index (χ1n) is 11.0. The molecule has 1 N–H and O–H groups in total. The van der Waals surface area contributed by atoms with Crippen LogP contribution in [0.25, 0.3) is 0 Å². The summed E-state index contributed by atoms with van der Waals surface area (Å²) in [6.07, 6.45) is 1.08. The summed E-state index contributed by atoms with van der Waals surface area (Å²) in [6.45, 7) is 10.6. The van der Waals surface area contributed by atoms with Gasteiger partial charge in [0, 0.05) is 16.6 Å². The molecule has 0 saturated heterocycles. The Kier molecular flexibility index (Phi) is 8.93. The molecule has 0 aliphatic carbocycles. The first-order valence-corrected chi connectivity index (χ1v) is 13.6. The molecule has 1 atom stereocenters. The highest BCUT2D eigenvalue weighted by molar-refractivity contribution is 9.10. The van der Waals surface area contributed by atoms with Crippen LogP contribution in [-0.4, -0.2) is 49.5 Å². The van der Waals surface area contributed by atoms with Crippen molar-refractivity contribution in [2.24, 2.45) is 0 Å². The van der Waals surface area contributed by atoms with E-state index in [2.05, 4.69) is 21.2 Å². The lowest BCUT2D eigenvalue weighted by Crippen LogP contribution is -2.54. The van der Waals surface area contributed by atoms with Crippen molar-refractivity contribution in [1.29, 1.82) is 0 Å². The van der Waals surface area contributed by atoms with Gasteiger partial charge in [0.1, 0.15) is 12.6 Å². The zero-order valence-electron chi connectivity index (χ0n) is 20.8. The number of rotatable bonds is 8. The van der Waals surface area contributed by atoms with Gasteiger partial charge in [-0.25, -0.2) is 8.42 Å². The second kappa shape index (κ2) is 10.9. The fourth-order valence-electron chi connectivity index (χ4n) is 3.66. The second-order valence-corrected chi connectivity index (χ2v) is 12.4. The third-order valence-corrected chi connectivity index (χ3v) is 6.88. The number of hydrogen-bond donors (Lipinski definition) is 1. The van der Waals surface area contributed by atoms with Crippen LogP contribution in [0, 0.1) is 13.8 Å². The van der Waals surface area contributed by atoms with Crippen molar-refractivity contribution in [1.82, 2.24) is 10.2 Å². The number of carbonyl (C=O) groups is 2. The summed E-state index contributed by atoms with van der Waals surface area (Å²) >= 11 is 3.44. The minimum atomic E-state index is -3.77. The number of benzene rings is 2. The molecule has 0 aliphatic heterocycles. The molecule has 2 aromatic rings. The normalized spacial score (nSPS) is 12.7. The van der Waals surface area contributed by atoms with Crippen LogP contribution in [0.5, 0.6) is 0 Å². The number of amides is 2. The third kappa shape index (κ3) is 7.56. The van der Waals surface area contributed by atoms with E-state index in [1.165, 1.54) is 4.90 Å². The maximum atomic E-state index is 13.6. The lowest BCUT2D eigenvalue weighted by atomic mass is 10.1. The Hall–Kier alpha value is -2.39. The molecule has 0 saturated carbocycles. The van der Waals surface area contributed by atoms with Crippen LogP contribution in [0.4, 0.5) is 5.69 Å². The van der Waals surface area contributed by atoms with Gasteiger partial charge in [0.15, 0.2) is 0 Å². The molecule has 0 heterocycles. The highest BCUT2D eigenvalue weighted by Gasteiger charge is 2.32. The van der Waals surface area contributed by atoms with E-state index in [1.54, 1.807) is 6.92 Å². The van der Waals surface area contributed by atoms with Crippen molar-refractivity contribution in [2.75, 3.05) is 17.1 Å². The van der Waals surface area contributed by atoms with Crippen LogP contribution < -0.4 is 9.62 Å². The van der Waals surface area contributed by atoms with Gasteiger partial charge in [-0.05, 0) is 70.4 Å².